The molecule has 0 saturated heterocycles. The van der Waals surface area contributed by atoms with E-state index < -0.39 is 0 Å². The van der Waals surface area contributed by atoms with Crippen LogP contribution in [0.15, 0.2) is 18.2 Å². The summed E-state index contributed by atoms with van der Waals surface area (Å²) in [6.45, 7) is 1.36. The first-order valence-electron chi connectivity index (χ1n) is 6.85. The molecule has 0 atom stereocenters. The van der Waals surface area contributed by atoms with E-state index in [0.717, 1.165) is 17.9 Å². The molecule has 2 nitrogen and oxygen atoms in total. The van der Waals surface area contributed by atoms with Gasteiger partial charge in [-0.05, 0) is 37.1 Å². The van der Waals surface area contributed by atoms with Gasteiger partial charge in [-0.25, -0.2) is 4.39 Å². The second-order valence-corrected chi connectivity index (χ2v) is 5.11. The Morgan fingerprint density at radius 2 is 2.06 bits per heavy atom. The first-order chi connectivity index (χ1) is 8.78. The van der Waals surface area contributed by atoms with Crippen LogP contribution < -0.4 is 10.1 Å². The molecule has 2 rings (SSSR count). The fourth-order valence-electron chi connectivity index (χ4n) is 2.65. The molecule has 0 amide bonds. The monoisotopic (exact) mass is 251 g/mol. The molecule has 1 aliphatic carbocycles. The molecule has 0 unspecified atom stereocenters. The summed E-state index contributed by atoms with van der Waals surface area (Å²) in [5.74, 6) is 1.24. The van der Waals surface area contributed by atoms with Gasteiger partial charge < -0.3 is 10.1 Å². The molecule has 1 N–H and O–H groups in total. The minimum Gasteiger partial charge on any atom is -0.493 e. The van der Waals surface area contributed by atoms with E-state index in [1.54, 1.807) is 6.07 Å². The maximum atomic E-state index is 13.4. The van der Waals surface area contributed by atoms with E-state index in [1.807, 2.05) is 13.1 Å². The first-order valence-corrected chi connectivity index (χ1v) is 6.85. The summed E-state index contributed by atoms with van der Waals surface area (Å²) in [6, 6.07) is 4.92. The van der Waals surface area contributed by atoms with Crippen molar-refractivity contribution in [2.75, 3.05) is 13.7 Å². The van der Waals surface area contributed by atoms with Gasteiger partial charge in [0.15, 0.2) is 0 Å². The number of hydrogen-bond donors (Lipinski definition) is 1. The first kappa shape index (κ1) is 13.3. The Hall–Kier alpha value is -1.09. The molecule has 0 bridgehead atoms. The summed E-state index contributed by atoms with van der Waals surface area (Å²) in [6.07, 6.45) is 6.47. The van der Waals surface area contributed by atoms with Crippen LogP contribution in [0.2, 0.25) is 0 Å². The molecule has 0 radical (unpaired) electrons. The third kappa shape index (κ3) is 3.98. The van der Waals surface area contributed by atoms with Crippen molar-refractivity contribution < 1.29 is 9.13 Å². The summed E-state index contributed by atoms with van der Waals surface area (Å²) >= 11 is 0. The van der Waals surface area contributed by atoms with Crippen molar-refractivity contribution >= 4 is 0 Å². The molecular formula is C15H22FNO. The van der Waals surface area contributed by atoms with Crippen molar-refractivity contribution in [1.82, 2.24) is 5.32 Å². The minimum atomic E-state index is -0.224. The van der Waals surface area contributed by atoms with Crippen LogP contribution in [0.1, 0.15) is 37.7 Å². The molecule has 3 heteroatoms. The van der Waals surface area contributed by atoms with Gasteiger partial charge in [0.1, 0.15) is 11.6 Å². The number of nitrogens with one attached hydrogen (secondary N) is 1. The second-order valence-electron chi connectivity index (χ2n) is 5.11. The van der Waals surface area contributed by atoms with Crippen LogP contribution in [0.4, 0.5) is 4.39 Å². The highest BCUT2D eigenvalue weighted by Gasteiger charge is 2.14. The van der Waals surface area contributed by atoms with Crippen molar-refractivity contribution in [3.63, 3.8) is 0 Å². The van der Waals surface area contributed by atoms with Crippen LogP contribution in [0.25, 0.3) is 0 Å². The van der Waals surface area contributed by atoms with Crippen LogP contribution >= 0.6 is 0 Å². The summed E-state index contributed by atoms with van der Waals surface area (Å²) in [5.41, 5.74) is 0.924. The van der Waals surface area contributed by atoms with Crippen LogP contribution in [-0.2, 0) is 6.54 Å². The minimum absolute atomic E-state index is 0.224. The Morgan fingerprint density at radius 3 is 2.78 bits per heavy atom. The topological polar surface area (TPSA) is 21.3 Å². The van der Waals surface area contributed by atoms with Crippen LogP contribution in [0.5, 0.6) is 5.75 Å². The highest BCUT2D eigenvalue weighted by atomic mass is 19.1. The predicted octanol–water partition coefficient (Wildman–Crippen LogP) is 3.50. The number of hydrogen-bond acceptors (Lipinski definition) is 2. The Kier molecular flexibility index (Phi) is 5.00. The highest BCUT2D eigenvalue weighted by Crippen LogP contribution is 2.27. The van der Waals surface area contributed by atoms with Gasteiger partial charge in [-0.3, -0.25) is 0 Å². The smallest absolute Gasteiger partial charge is 0.127 e. The van der Waals surface area contributed by atoms with E-state index in [9.17, 15) is 4.39 Å². The van der Waals surface area contributed by atoms with Gasteiger partial charge in [-0.2, -0.15) is 0 Å². The highest BCUT2D eigenvalue weighted by molar-refractivity contribution is 5.29. The number of halogens is 1. The third-order valence-electron chi connectivity index (χ3n) is 3.58. The summed E-state index contributed by atoms with van der Waals surface area (Å²) in [5, 5.41) is 3.02. The third-order valence-corrected chi connectivity index (χ3v) is 3.58. The normalized spacial score (nSPS) is 16.1. The molecule has 1 aromatic rings. The van der Waals surface area contributed by atoms with E-state index in [1.165, 1.54) is 31.7 Å². The number of rotatable bonds is 6. The lowest BCUT2D eigenvalue weighted by atomic mass is 10.1. The van der Waals surface area contributed by atoms with Gasteiger partial charge in [0.2, 0.25) is 0 Å². The zero-order valence-electron chi connectivity index (χ0n) is 11.0. The average molecular weight is 251 g/mol. The standard InChI is InChI=1S/C15H22FNO/c1-17-11-13-8-14(16)10-15(9-13)18-7-6-12-4-2-3-5-12/h8-10,12,17H,2-7,11H2,1H3. The van der Waals surface area contributed by atoms with Gasteiger partial charge >= 0.3 is 0 Å². The van der Waals surface area contributed by atoms with Crippen molar-refractivity contribution in [3.8, 4) is 5.75 Å². The second kappa shape index (κ2) is 6.74. The molecular weight excluding hydrogens is 229 g/mol. The van der Waals surface area contributed by atoms with Gasteiger partial charge in [0.25, 0.3) is 0 Å². The Bertz CT molecular complexity index is 375. The lowest BCUT2D eigenvalue weighted by molar-refractivity contribution is 0.278. The molecule has 0 aliphatic heterocycles. The molecule has 100 valence electrons. The van der Waals surface area contributed by atoms with Crippen LogP contribution in [0, 0.1) is 11.7 Å². The maximum Gasteiger partial charge on any atom is 0.127 e. The molecule has 18 heavy (non-hydrogen) atoms. The Balaban J connectivity index is 1.83. The van der Waals surface area contributed by atoms with E-state index in [0.29, 0.717) is 18.9 Å². The summed E-state index contributed by atoms with van der Waals surface area (Å²) in [4.78, 5) is 0. The van der Waals surface area contributed by atoms with Gasteiger partial charge in [0.05, 0.1) is 6.61 Å². The number of benzene rings is 1. The Labute approximate surface area is 109 Å². The zero-order valence-corrected chi connectivity index (χ0v) is 11.0. The van der Waals surface area contributed by atoms with Crippen molar-refractivity contribution in [3.05, 3.63) is 29.6 Å². The molecule has 1 saturated carbocycles. The molecule has 0 spiro atoms. The van der Waals surface area contributed by atoms with Crippen molar-refractivity contribution in [2.24, 2.45) is 5.92 Å². The maximum absolute atomic E-state index is 13.4. The van der Waals surface area contributed by atoms with Crippen molar-refractivity contribution in [2.45, 2.75) is 38.6 Å². The fourth-order valence-corrected chi connectivity index (χ4v) is 2.65. The Morgan fingerprint density at radius 1 is 1.28 bits per heavy atom. The van der Waals surface area contributed by atoms with Gasteiger partial charge in [0, 0.05) is 12.6 Å². The fraction of sp³-hybridized carbons (Fsp3) is 0.600. The molecule has 1 fully saturated rings. The van der Waals surface area contributed by atoms with Gasteiger partial charge in [-0.1, -0.05) is 25.7 Å². The average Bonchev–Trinajstić information content (AvgIpc) is 2.82. The van der Waals surface area contributed by atoms with Crippen molar-refractivity contribution in [1.29, 1.82) is 0 Å². The van der Waals surface area contributed by atoms with Gasteiger partial charge in [-0.15, -0.1) is 0 Å². The van der Waals surface area contributed by atoms with Crippen LogP contribution in [-0.4, -0.2) is 13.7 Å². The summed E-state index contributed by atoms with van der Waals surface area (Å²) < 4.78 is 19.0. The number of ether oxygens (including phenoxy) is 1. The molecule has 0 aromatic heterocycles. The molecule has 1 aliphatic rings. The van der Waals surface area contributed by atoms with E-state index >= 15 is 0 Å². The summed E-state index contributed by atoms with van der Waals surface area (Å²) in [7, 11) is 1.85. The quantitative estimate of drug-likeness (QED) is 0.835. The zero-order chi connectivity index (χ0) is 12.8. The van der Waals surface area contributed by atoms with E-state index in [-0.39, 0.29) is 5.82 Å². The van der Waals surface area contributed by atoms with Crippen LogP contribution in [0.3, 0.4) is 0 Å². The van der Waals surface area contributed by atoms with E-state index in [4.69, 9.17) is 4.74 Å². The lowest BCUT2D eigenvalue weighted by Crippen LogP contribution is -2.07. The lowest BCUT2D eigenvalue weighted by Gasteiger charge is -2.11. The van der Waals surface area contributed by atoms with E-state index in [2.05, 4.69) is 5.32 Å². The molecule has 1 aromatic carbocycles. The largest absolute Gasteiger partial charge is 0.493 e. The molecule has 0 heterocycles. The SMILES string of the molecule is CNCc1cc(F)cc(OCCC2CCCC2)c1. The predicted molar refractivity (Wildman–Crippen MR) is 71.2 cm³/mol.